The number of nitrogens with two attached hydrogens (primary N) is 1. The first-order valence-corrected chi connectivity index (χ1v) is 13.0. The maximum Gasteiger partial charge on any atom is 0.255 e. The number of nitrogens with zero attached hydrogens (tertiary/aromatic N) is 2. The van der Waals surface area contributed by atoms with Gasteiger partial charge in [-0.3, -0.25) is 19.3 Å². The topological polar surface area (TPSA) is 165 Å². The zero-order chi connectivity index (χ0) is 29.4. The van der Waals surface area contributed by atoms with Crippen LogP contribution >= 0.6 is 0 Å². The molecule has 0 aliphatic heterocycles. The van der Waals surface area contributed by atoms with Crippen LogP contribution in [-0.4, -0.2) is 87.0 Å². The second-order valence-corrected chi connectivity index (χ2v) is 11.2. The number of hydrogen-bond acceptors (Lipinski definition) is 9. The van der Waals surface area contributed by atoms with Crippen molar-refractivity contribution in [1.82, 2.24) is 9.80 Å². The molecule has 1 fully saturated rings. The van der Waals surface area contributed by atoms with Crippen molar-refractivity contribution in [2.75, 3.05) is 27.7 Å². The lowest BCUT2D eigenvalue weighted by molar-refractivity contribution is -0.153. The molecule has 1 amide bonds. The van der Waals surface area contributed by atoms with Crippen LogP contribution in [0.2, 0.25) is 0 Å². The standard InChI is InChI=1S/C29H32FN3O7/c1-5-33(4)11-12-6-7-14-15(8-12)23(34)19-16(21(14)30)9-13-10-17-22(32(2)3)25(36)20(28(31)39)27(38)29(17,40)26(37)18(13)24(19)35/h6-8,13,17,22,34-35,38,40H,5,9-11H2,1-4H3,(H2,31,39)/t13-,17-,22-,29-/m0/s1. The van der Waals surface area contributed by atoms with E-state index in [-0.39, 0.29) is 40.3 Å². The van der Waals surface area contributed by atoms with E-state index in [4.69, 9.17) is 5.73 Å². The molecule has 212 valence electrons. The van der Waals surface area contributed by atoms with Crippen LogP contribution in [0.4, 0.5) is 4.39 Å². The number of likely N-dealkylation sites (N-methyl/N-ethyl adjacent to an activating group) is 1. The predicted octanol–water partition coefficient (Wildman–Crippen LogP) is 1.71. The number of amides is 1. The van der Waals surface area contributed by atoms with Crippen LogP contribution in [0.1, 0.15) is 30.0 Å². The number of primary amides is 1. The third-order valence-electron chi connectivity index (χ3n) is 8.68. The molecule has 1 saturated carbocycles. The summed E-state index contributed by atoms with van der Waals surface area (Å²) < 4.78 is 15.9. The molecule has 0 unspecified atom stereocenters. The smallest absolute Gasteiger partial charge is 0.255 e. The van der Waals surface area contributed by atoms with Crippen molar-refractivity contribution >= 4 is 34.0 Å². The Morgan fingerprint density at radius 1 is 1.15 bits per heavy atom. The lowest BCUT2D eigenvalue weighted by Gasteiger charge is -2.50. The zero-order valence-corrected chi connectivity index (χ0v) is 22.7. The Bertz CT molecular complexity index is 1560. The van der Waals surface area contributed by atoms with Gasteiger partial charge >= 0.3 is 0 Å². The van der Waals surface area contributed by atoms with Crippen molar-refractivity contribution in [3.8, 4) is 5.75 Å². The molecule has 3 aliphatic carbocycles. The number of carbonyl (C=O) groups is 3. The van der Waals surface area contributed by atoms with Crippen LogP contribution in [0, 0.1) is 17.7 Å². The van der Waals surface area contributed by atoms with Crippen LogP contribution in [0.5, 0.6) is 5.75 Å². The molecule has 6 N–H and O–H groups in total. The van der Waals surface area contributed by atoms with E-state index < -0.39 is 69.6 Å². The van der Waals surface area contributed by atoms with Crippen molar-refractivity contribution in [3.63, 3.8) is 0 Å². The highest BCUT2D eigenvalue weighted by Gasteiger charge is 2.64. The maximum atomic E-state index is 15.9. The van der Waals surface area contributed by atoms with Gasteiger partial charge in [0.05, 0.1) is 11.6 Å². The number of hydrogen-bond donors (Lipinski definition) is 5. The number of phenolic OH excluding ortho intramolecular Hbond substituents is 1. The molecular weight excluding hydrogens is 521 g/mol. The highest BCUT2D eigenvalue weighted by Crippen LogP contribution is 2.53. The molecule has 0 heterocycles. The number of Topliss-reactive ketones (excluding diaryl/α,β-unsaturated/α-hetero) is 2. The molecule has 11 heteroatoms. The van der Waals surface area contributed by atoms with E-state index in [0.717, 1.165) is 12.1 Å². The first-order chi connectivity index (χ1) is 18.7. The summed E-state index contributed by atoms with van der Waals surface area (Å²) in [6, 6.07) is 3.75. The summed E-state index contributed by atoms with van der Waals surface area (Å²) in [5.74, 6) is -8.30. The third-order valence-corrected chi connectivity index (χ3v) is 8.68. The summed E-state index contributed by atoms with van der Waals surface area (Å²) in [7, 11) is 4.95. The summed E-state index contributed by atoms with van der Waals surface area (Å²) in [5.41, 5.74) is 1.95. The Kier molecular flexibility index (Phi) is 6.52. The largest absolute Gasteiger partial charge is 0.508 e. The number of aromatic hydroxyl groups is 1. The number of carbonyl (C=O) groups excluding carboxylic acids is 3. The van der Waals surface area contributed by atoms with E-state index in [9.17, 15) is 34.8 Å². The molecule has 2 aromatic rings. The minimum atomic E-state index is -2.74. The second kappa shape index (κ2) is 9.39. The first-order valence-electron chi connectivity index (χ1n) is 13.0. The minimum Gasteiger partial charge on any atom is -0.508 e. The van der Waals surface area contributed by atoms with Gasteiger partial charge in [-0.15, -0.1) is 0 Å². The maximum absolute atomic E-state index is 15.9. The summed E-state index contributed by atoms with van der Waals surface area (Å²) in [6.45, 7) is 3.28. The van der Waals surface area contributed by atoms with E-state index in [1.54, 1.807) is 18.2 Å². The first kappa shape index (κ1) is 27.8. The third kappa shape index (κ3) is 3.68. The molecule has 40 heavy (non-hydrogen) atoms. The van der Waals surface area contributed by atoms with E-state index >= 15 is 4.39 Å². The lowest BCUT2D eigenvalue weighted by Crippen LogP contribution is -2.65. The van der Waals surface area contributed by atoms with E-state index in [1.165, 1.54) is 19.0 Å². The number of ketones is 2. The van der Waals surface area contributed by atoms with Crippen LogP contribution in [0.25, 0.3) is 16.5 Å². The Morgan fingerprint density at radius 3 is 2.42 bits per heavy atom. The summed E-state index contributed by atoms with van der Waals surface area (Å²) in [4.78, 5) is 42.6. The predicted molar refractivity (Wildman–Crippen MR) is 144 cm³/mol. The molecule has 0 aromatic heterocycles. The van der Waals surface area contributed by atoms with Crippen molar-refractivity contribution < 1.29 is 39.2 Å². The van der Waals surface area contributed by atoms with Crippen molar-refractivity contribution in [3.05, 3.63) is 57.6 Å². The van der Waals surface area contributed by atoms with Gasteiger partial charge < -0.3 is 31.1 Å². The fourth-order valence-electron chi connectivity index (χ4n) is 6.63. The van der Waals surface area contributed by atoms with Crippen LogP contribution < -0.4 is 5.73 Å². The van der Waals surface area contributed by atoms with Gasteiger partial charge in [-0.1, -0.05) is 19.1 Å². The summed E-state index contributed by atoms with van der Waals surface area (Å²) in [6.07, 6.45) is -0.212. The fraction of sp³-hybridized carbons (Fsp3) is 0.414. The molecule has 0 radical (unpaired) electrons. The summed E-state index contributed by atoms with van der Waals surface area (Å²) >= 11 is 0. The van der Waals surface area contributed by atoms with Crippen LogP contribution in [0.3, 0.4) is 0 Å². The molecule has 3 aliphatic rings. The number of benzene rings is 2. The molecule has 0 saturated heterocycles. The lowest BCUT2D eigenvalue weighted by atomic mass is 9.57. The van der Waals surface area contributed by atoms with Gasteiger partial charge in [0, 0.05) is 34.4 Å². The average Bonchev–Trinajstić information content (AvgIpc) is 2.88. The highest BCUT2D eigenvalue weighted by atomic mass is 19.1. The number of phenols is 1. The Morgan fingerprint density at radius 2 is 1.82 bits per heavy atom. The monoisotopic (exact) mass is 553 g/mol. The van der Waals surface area contributed by atoms with Gasteiger partial charge in [0.1, 0.15) is 28.7 Å². The molecule has 10 nitrogen and oxygen atoms in total. The molecule has 5 rings (SSSR count). The quantitative estimate of drug-likeness (QED) is 0.347. The Hall–Kier alpha value is -3.80. The SMILES string of the molecule is CCN(C)Cc1ccc2c(F)c3c(c(O)c2c1)C(O)=C1C(=O)[C@]2(O)C(O)=C(C(N)=O)C(=O)[C@@H](N(C)C)[C@@H]2C[C@@H]1C3. The number of rotatable bonds is 5. The molecule has 4 atom stereocenters. The second-order valence-electron chi connectivity index (χ2n) is 11.2. The van der Waals surface area contributed by atoms with Crippen molar-refractivity contribution in [2.24, 2.45) is 17.6 Å². The zero-order valence-electron chi connectivity index (χ0n) is 22.7. The normalized spacial score (nSPS) is 26.4. The average molecular weight is 554 g/mol. The van der Waals surface area contributed by atoms with E-state index in [0.29, 0.717) is 6.54 Å². The van der Waals surface area contributed by atoms with E-state index in [2.05, 4.69) is 0 Å². The fourth-order valence-corrected chi connectivity index (χ4v) is 6.63. The summed E-state index contributed by atoms with van der Waals surface area (Å²) in [5, 5.41) is 45.6. The highest BCUT2D eigenvalue weighted by molar-refractivity contribution is 6.24. The molecule has 2 aromatic carbocycles. The van der Waals surface area contributed by atoms with Gasteiger partial charge in [-0.05, 0) is 58.1 Å². The van der Waals surface area contributed by atoms with Gasteiger partial charge in [-0.25, -0.2) is 4.39 Å². The van der Waals surface area contributed by atoms with Crippen molar-refractivity contribution in [2.45, 2.75) is 38.0 Å². The molecule has 0 spiro atoms. The molecular formula is C29H32FN3O7. The number of aliphatic hydroxyl groups excluding tert-OH is 2. The van der Waals surface area contributed by atoms with Gasteiger partial charge in [0.15, 0.2) is 11.4 Å². The van der Waals surface area contributed by atoms with Crippen LogP contribution in [-0.2, 0) is 27.3 Å². The van der Waals surface area contributed by atoms with Crippen molar-refractivity contribution in [1.29, 1.82) is 0 Å². The number of aliphatic hydroxyl groups is 3. The van der Waals surface area contributed by atoms with Gasteiger partial charge in [-0.2, -0.15) is 0 Å². The molecule has 0 bridgehead atoms. The number of halogens is 1. The van der Waals surface area contributed by atoms with E-state index in [1.807, 2.05) is 18.9 Å². The van der Waals surface area contributed by atoms with Gasteiger partial charge in [0.2, 0.25) is 5.78 Å². The minimum absolute atomic E-state index is 0.00837. The Labute approximate surface area is 229 Å². The van der Waals surface area contributed by atoms with Gasteiger partial charge in [0.25, 0.3) is 5.91 Å². The number of fused-ring (bicyclic) bond motifs is 4. The van der Waals surface area contributed by atoms with Crippen LogP contribution in [0.15, 0.2) is 35.1 Å². The Balaban J connectivity index is 1.73.